The van der Waals surface area contributed by atoms with Gasteiger partial charge in [0, 0.05) is 18.6 Å². The number of rotatable bonds is 6. The second-order valence-electron chi connectivity index (χ2n) is 5.17. The van der Waals surface area contributed by atoms with E-state index >= 15 is 0 Å². The van der Waals surface area contributed by atoms with E-state index in [1.165, 1.54) is 0 Å². The van der Waals surface area contributed by atoms with Gasteiger partial charge in [0.05, 0.1) is 18.8 Å². The molecule has 0 saturated carbocycles. The molecule has 1 rings (SSSR count). The molecule has 0 amide bonds. The molecule has 0 aromatic rings. The minimum Gasteiger partial charge on any atom is -0.394 e. The number of likely N-dealkylation sites (tertiary alicyclic amines) is 1. The van der Waals surface area contributed by atoms with Crippen molar-refractivity contribution in [2.45, 2.75) is 51.2 Å². The van der Waals surface area contributed by atoms with Crippen LogP contribution in [-0.2, 0) is 0 Å². The molecule has 0 aliphatic carbocycles. The fourth-order valence-electron chi connectivity index (χ4n) is 2.27. The third-order valence-electron chi connectivity index (χ3n) is 3.74. The maximum Gasteiger partial charge on any atom is 0.0648 e. The van der Waals surface area contributed by atoms with Crippen LogP contribution in [0.5, 0.6) is 0 Å². The molecule has 0 spiro atoms. The van der Waals surface area contributed by atoms with Gasteiger partial charge < -0.3 is 15.5 Å². The monoisotopic (exact) mass is 230 g/mol. The Kier molecular flexibility index (Phi) is 5.18. The number of aliphatic hydroxyl groups excluding tert-OH is 2. The van der Waals surface area contributed by atoms with Crippen molar-refractivity contribution in [3.8, 4) is 0 Å². The summed E-state index contributed by atoms with van der Waals surface area (Å²) >= 11 is 0. The van der Waals surface area contributed by atoms with E-state index in [1.807, 2.05) is 6.92 Å². The largest absolute Gasteiger partial charge is 0.394 e. The third kappa shape index (κ3) is 3.17. The van der Waals surface area contributed by atoms with Gasteiger partial charge in [0.25, 0.3) is 0 Å². The van der Waals surface area contributed by atoms with Crippen LogP contribution in [0.25, 0.3) is 0 Å². The Morgan fingerprint density at radius 1 is 1.38 bits per heavy atom. The minimum atomic E-state index is -0.502. The first-order valence-electron chi connectivity index (χ1n) is 6.30. The Morgan fingerprint density at radius 2 is 2.00 bits per heavy atom. The average Bonchev–Trinajstić information content (AvgIpc) is 2.74. The zero-order chi connectivity index (χ0) is 12.2. The van der Waals surface area contributed by atoms with Crippen molar-refractivity contribution in [2.75, 3.05) is 26.3 Å². The van der Waals surface area contributed by atoms with Crippen LogP contribution in [0.2, 0.25) is 0 Å². The number of nitrogens with zero attached hydrogens (tertiary/aromatic N) is 1. The molecule has 1 atom stereocenters. The molecule has 4 heteroatoms. The van der Waals surface area contributed by atoms with Crippen molar-refractivity contribution >= 4 is 0 Å². The summed E-state index contributed by atoms with van der Waals surface area (Å²) in [5.41, 5.74) is -0.502. The van der Waals surface area contributed by atoms with Gasteiger partial charge in [-0.3, -0.25) is 4.90 Å². The maximum atomic E-state index is 9.38. The number of hydrogen-bond donors (Lipinski definition) is 3. The highest BCUT2D eigenvalue weighted by Gasteiger charge is 2.33. The normalized spacial score (nSPS) is 23.2. The van der Waals surface area contributed by atoms with E-state index in [-0.39, 0.29) is 13.2 Å². The molecule has 0 aromatic heterocycles. The molecule has 3 N–H and O–H groups in total. The molecule has 0 aromatic carbocycles. The Hall–Kier alpha value is -0.160. The second kappa shape index (κ2) is 5.96. The molecule has 1 aliphatic rings. The van der Waals surface area contributed by atoms with Crippen molar-refractivity contribution in [2.24, 2.45) is 0 Å². The first-order valence-corrected chi connectivity index (χ1v) is 6.30. The Labute approximate surface area is 98.6 Å². The van der Waals surface area contributed by atoms with Gasteiger partial charge in [0.1, 0.15) is 0 Å². The SMILES string of the molecule is CCC(CO)(CO)NC1CCN(C(C)C)C1. The van der Waals surface area contributed by atoms with Gasteiger partial charge in [0.2, 0.25) is 0 Å². The molecule has 96 valence electrons. The first kappa shape index (κ1) is 13.9. The topological polar surface area (TPSA) is 55.7 Å². The molecule has 4 nitrogen and oxygen atoms in total. The zero-order valence-electron chi connectivity index (χ0n) is 10.7. The van der Waals surface area contributed by atoms with E-state index < -0.39 is 5.54 Å². The predicted molar refractivity (Wildman–Crippen MR) is 65.4 cm³/mol. The summed E-state index contributed by atoms with van der Waals surface area (Å²) in [6.45, 7) is 8.51. The number of nitrogens with one attached hydrogen (secondary N) is 1. The molecule has 1 heterocycles. The summed E-state index contributed by atoms with van der Waals surface area (Å²) < 4.78 is 0. The van der Waals surface area contributed by atoms with Crippen LogP contribution in [0.3, 0.4) is 0 Å². The quantitative estimate of drug-likeness (QED) is 0.610. The van der Waals surface area contributed by atoms with Crippen LogP contribution in [0.4, 0.5) is 0 Å². The van der Waals surface area contributed by atoms with E-state index in [9.17, 15) is 10.2 Å². The van der Waals surface area contributed by atoms with Gasteiger partial charge in [-0.15, -0.1) is 0 Å². The minimum absolute atomic E-state index is 0.00181. The van der Waals surface area contributed by atoms with Gasteiger partial charge in [-0.05, 0) is 33.2 Å². The van der Waals surface area contributed by atoms with Crippen LogP contribution in [0.1, 0.15) is 33.6 Å². The lowest BCUT2D eigenvalue weighted by Crippen LogP contribution is -2.56. The van der Waals surface area contributed by atoms with Crippen molar-refractivity contribution in [3.05, 3.63) is 0 Å². The zero-order valence-corrected chi connectivity index (χ0v) is 10.7. The standard InChI is InChI=1S/C12H26N2O2/c1-4-12(8-15,9-16)13-11-5-6-14(7-11)10(2)3/h10-11,13,15-16H,4-9H2,1-3H3. The Morgan fingerprint density at radius 3 is 2.38 bits per heavy atom. The van der Waals surface area contributed by atoms with Crippen molar-refractivity contribution < 1.29 is 10.2 Å². The van der Waals surface area contributed by atoms with Gasteiger partial charge in [0.15, 0.2) is 0 Å². The average molecular weight is 230 g/mol. The Bertz CT molecular complexity index is 197. The lowest BCUT2D eigenvalue weighted by Gasteiger charge is -2.33. The fourth-order valence-corrected chi connectivity index (χ4v) is 2.27. The molecule has 0 radical (unpaired) electrons. The second-order valence-corrected chi connectivity index (χ2v) is 5.17. The van der Waals surface area contributed by atoms with E-state index in [2.05, 4.69) is 24.1 Å². The van der Waals surface area contributed by atoms with E-state index in [1.54, 1.807) is 0 Å². The predicted octanol–water partition coefficient (Wildman–Crippen LogP) is 0.192. The maximum absolute atomic E-state index is 9.38. The van der Waals surface area contributed by atoms with Gasteiger partial charge in [-0.25, -0.2) is 0 Å². The van der Waals surface area contributed by atoms with Crippen LogP contribution in [0, 0.1) is 0 Å². The highest BCUT2D eigenvalue weighted by atomic mass is 16.3. The van der Waals surface area contributed by atoms with E-state index in [0.717, 1.165) is 25.9 Å². The molecular formula is C12H26N2O2. The molecular weight excluding hydrogens is 204 g/mol. The van der Waals surface area contributed by atoms with Gasteiger partial charge in [-0.2, -0.15) is 0 Å². The fraction of sp³-hybridized carbons (Fsp3) is 1.00. The number of hydrogen-bond acceptors (Lipinski definition) is 4. The lowest BCUT2D eigenvalue weighted by atomic mass is 9.97. The van der Waals surface area contributed by atoms with Crippen LogP contribution < -0.4 is 5.32 Å². The molecule has 1 saturated heterocycles. The highest BCUT2D eigenvalue weighted by Crippen LogP contribution is 2.17. The molecule has 1 fully saturated rings. The third-order valence-corrected chi connectivity index (χ3v) is 3.74. The molecule has 1 unspecified atom stereocenters. The van der Waals surface area contributed by atoms with Gasteiger partial charge >= 0.3 is 0 Å². The molecule has 1 aliphatic heterocycles. The smallest absolute Gasteiger partial charge is 0.0648 e. The summed E-state index contributed by atoms with van der Waals surface area (Å²) in [6.07, 6.45) is 1.85. The summed E-state index contributed by atoms with van der Waals surface area (Å²) in [6, 6.07) is 0.965. The molecule has 16 heavy (non-hydrogen) atoms. The van der Waals surface area contributed by atoms with E-state index in [0.29, 0.717) is 12.1 Å². The summed E-state index contributed by atoms with van der Waals surface area (Å²) in [7, 11) is 0. The Balaban J connectivity index is 2.48. The van der Waals surface area contributed by atoms with Crippen LogP contribution in [-0.4, -0.2) is 59.0 Å². The van der Waals surface area contributed by atoms with Crippen LogP contribution in [0.15, 0.2) is 0 Å². The number of aliphatic hydroxyl groups is 2. The van der Waals surface area contributed by atoms with Crippen molar-refractivity contribution in [1.29, 1.82) is 0 Å². The summed E-state index contributed by atoms with van der Waals surface area (Å²) in [5, 5.41) is 22.2. The van der Waals surface area contributed by atoms with Gasteiger partial charge in [-0.1, -0.05) is 6.92 Å². The summed E-state index contributed by atoms with van der Waals surface area (Å²) in [4.78, 5) is 2.42. The summed E-state index contributed by atoms with van der Waals surface area (Å²) in [5.74, 6) is 0. The first-order chi connectivity index (χ1) is 7.56. The van der Waals surface area contributed by atoms with Crippen LogP contribution >= 0.6 is 0 Å². The highest BCUT2D eigenvalue weighted by molar-refractivity contribution is 4.93. The lowest BCUT2D eigenvalue weighted by molar-refractivity contribution is 0.0776. The molecule has 0 bridgehead atoms. The van der Waals surface area contributed by atoms with Crippen molar-refractivity contribution in [3.63, 3.8) is 0 Å². The van der Waals surface area contributed by atoms with Crippen molar-refractivity contribution in [1.82, 2.24) is 10.2 Å². The van der Waals surface area contributed by atoms with E-state index in [4.69, 9.17) is 0 Å².